The number of benzene rings is 1. The first-order chi connectivity index (χ1) is 7.06. The zero-order valence-electron chi connectivity index (χ0n) is 7.97. The molecule has 82 valence electrons. The van der Waals surface area contributed by atoms with Crippen LogP contribution in [-0.2, 0) is 9.53 Å². The van der Waals surface area contributed by atoms with Gasteiger partial charge in [-0.2, -0.15) is 0 Å². The molecule has 0 bridgehead atoms. The number of alkyl halides is 1. The fraction of sp³-hybridized carbons (Fsp3) is 0.300. The van der Waals surface area contributed by atoms with E-state index in [2.05, 4.69) is 15.9 Å². The average Bonchev–Trinajstić information content (AvgIpc) is 2.21. The van der Waals surface area contributed by atoms with E-state index >= 15 is 0 Å². The number of ether oxygens (including phenoxy) is 1. The standard InChI is InChI=1S/C10H9BrClFO2/c1-2-15-10(14)9(12)6-3-4-7(11)8(13)5-6/h3-5,9H,2H2,1H3. The number of hydrogen-bond acceptors (Lipinski definition) is 2. The maximum Gasteiger partial charge on any atom is 0.328 e. The van der Waals surface area contributed by atoms with E-state index in [1.807, 2.05) is 0 Å². The van der Waals surface area contributed by atoms with Crippen LogP contribution in [0.5, 0.6) is 0 Å². The highest BCUT2D eigenvalue weighted by atomic mass is 79.9. The van der Waals surface area contributed by atoms with Crippen LogP contribution < -0.4 is 0 Å². The van der Waals surface area contributed by atoms with Gasteiger partial charge in [0.05, 0.1) is 11.1 Å². The molecule has 0 amide bonds. The van der Waals surface area contributed by atoms with E-state index in [4.69, 9.17) is 16.3 Å². The Morgan fingerprint density at radius 3 is 2.87 bits per heavy atom. The monoisotopic (exact) mass is 294 g/mol. The summed E-state index contributed by atoms with van der Waals surface area (Å²) in [4.78, 5) is 11.3. The van der Waals surface area contributed by atoms with E-state index < -0.39 is 17.2 Å². The SMILES string of the molecule is CCOC(=O)C(Cl)c1ccc(Br)c(F)c1. The normalized spacial score (nSPS) is 12.3. The van der Waals surface area contributed by atoms with Crippen LogP contribution >= 0.6 is 27.5 Å². The lowest BCUT2D eigenvalue weighted by Gasteiger charge is -2.09. The lowest BCUT2D eigenvalue weighted by atomic mass is 10.1. The highest BCUT2D eigenvalue weighted by Crippen LogP contribution is 2.25. The maximum absolute atomic E-state index is 13.1. The molecular weight excluding hydrogens is 286 g/mol. The summed E-state index contributed by atoms with van der Waals surface area (Å²) in [5, 5.41) is -0.965. The number of carbonyl (C=O) groups excluding carboxylic acids is 1. The van der Waals surface area contributed by atoms with E-state index in [1.54, 1.807) is 13.0 Å². The van der Waals surface area contributed by atoms with Crippen LogP contribution in [0.15, 0.2) is 22.7 Å². The third-order valence-corrected chi connectivity index (χ3v) is 2.80. The van der Waals surface area contributed by atoms with E-state index in [9.17, 15) is 9.18 Å². The Morgan fingerprint density at radius 1 is 1.67 bits per heavy atom. The largest absolute Gasteiger partial charge is 0.465 e. The highest BCUT2D eigenvalue weighted by Gasteiger charge is 2.19. The van der Waals surface area contributed by atoms with Gasteiger partial charge in [0.2, 0.25) is 0 Å². The quantitative estimate of drug-likeness (QED) is 0.631. The molecule has 15 heavy (non-hydrogen) atoms. The molecule has 0 spiro atoms. The van der Waals surface area contributed by atoms with Crippen molar-refractivity contribution in [1.29, 1.82) is 0 Å². The Labute approximate surface area is 101 Å². The molecule has 1 unspecified atom stereocenters. The zero-order chi connectivity index (χ0) is 11.4. The number of halogens is 3. The molecule has 0 aliphatic carbocycles. The van der Waals surface area contributed by atoms with Crippen LogP contribution in [0.1, 0.15) is 17.9 Å². The molecule has 0 aromatic heterocycles. The Hall–Kier alpha value is -0.610. The van der Waals surface area contributed by atoms with Crippen LogP contribution in [0, 0.1) is 5.82 Å². The van der Waals surface area contributed by atoms with Crippen LogP contribution in [0.4, 0.5) is 4.39 Å². The first kappa shape index (κ1) is 12.5. The predicted octanol–water partition coefficient (Wildman–Crippen LogP) is 3.43. The van der Waals surface area contributed by atoms with E-state index in [0.29, 0.717) is 10.0 Å². The molecule has 0 saturated carbocycles. The summed E-state index contributed by atoms with van der Waals surface area (Å²) in [5.74, 6) is -1.02. The van der Waals surface area contributed by atoms with Crippen molar-refractivity contribution in [2.75, 3.05) is 6.61 Å². The average molecular weight is 296 g/mol. The van der Waals surface area contributed by atoms with Crippen LogP contribution in [0.2, 0.25) is 0 Å². The minimum atomic E-state index is -0.965. The van der Waals surface area contributed by atoms with E-state index in [1.165, 1.54) is 12.1 Å². The van der Waals surface area contributed by atoms with Gasteiger partial charge in [-0.05, 0) is 40.5 Å². The lowest BCUT2D eigenvalue weighted by Crippen LogP contribution is -2.11. The van der Waals surface area contributed by atoms with Gasteiger partial charge < -0.3 is 4.74 Å². The summed E-state index contributed by atoms with van der Waals surface area (Å²) >= 11 is 8.82. The predicted molar refractivity (Wildman–Crippen MR) is 59.3 cm³/mol. The topological polar surface area (TPSA) is 26.3 Å². The molecule has 1 aromatic rings. The number of esters is 1. The molecule has 0 aliphatic heterocycles. The Morgan fingerprint density at radius 2 is 2.33 bits per heavy atom. The van der Waals surface area contributed by atoms with Gasteiger partial charge in [-0.25, -0.2) is 4.39 Å². The molecule has 0 fully saturated rings. The molecule has 0 aliphatic rings. The van der Waals surface area contributed by atoms with Gasteiger partial charge in [-0.3, -0.25) is 4.79 Å². The molecule has 0 N–H and O–H groups in total. The minimum absolute atomic E-state index is 0.251. The van der Waals surface area contributed by atoms with Gasteiger partial charge in [0.1, 0.15) is 5.82 Å². The molecule has 5 heteroatoms. The van der Waals surface area contributed by atoms with Gasteiger partial charge >= 0.3 is 5.97 Å². The summed E-state index contributed by atoms with van der Waals surface area (Å²) in [7, 11) is 0. The van der Waals surface area contributed by atoms with Gasteiger partial charge in [0, 0.05) is 0 Å². The Balaban J connectivity index is 2.86. The molecule has 2 nitrogen and oxygen atoms in total. The van der Waals surface area contributed by atoms with E-state index in [-0.39, 0.29) is 6.61 Å². The second kappa shape index (κ2) is 5.47. The van der Waals surface area contributed by atoms with Crippen molar-refractivity contribution < 1.29 is 13.9 Å². The lowest BCUT2D eigenvalue weighted by molar-refractivity contribution is -0.142. The molecule has 1 aromatic carbocycles. The van der Waals surface area contributed by atoms with Crippen molar-refractivity contribution in [2.45, 2.75) is 12.3 Å². The summed E-state index contributed by atoms with van der Waals surface area (Å²) < 4.78 is 18.2. The third kappa shape index (κ3) is 3.18. The number of rotatable bonds is 3. The van der Waals surface area contributed by atoms with Gasteiger partial charge in [0.15, 0.2) is 5.38 Å². The summed E-state index contributed by atoms with van der Waals surface area (Å²) in [6.45, 7) is 1.94. The minimum Gasteiger partial charge on any atom is -0.465 e. The van der Waals surface area contributed by atoms with Crippen molar-refractivity contribution in [2.24, 2.45) is 0 Å². The fourth-order valence-electron chi connectivity index (χ4n) is 1.02. The van der Waals surface area contributed by atoms with Gasteiger partial charge in [-0.1, -0.05) is 6.07 Å². The first-order valence-corrected chi connectivity index (χ1v) is 5.55. The van der Waals surface area contributed by atoms with Crippen molar-refractivity contribution in [1.82, 2.24) is 0 Å². The van der Waals surface area contributed by atoms with Crippen LogP contribution in [-0.4, -0.2) is 12.6 Å². The first-order valence-electron chi connectivity index (χ1n) is 4.32. The smallest absolute Gasteiger partial charge is 0.328 e. The Kier molecular flexibility index (Phi) is 4.54. The molecular formula is C10H9BrClFO2. The zero-order valence-corrected chi connectivity index (χ0v) is 10.3. The van der Waals surface area contributed by atoms with E-state index in [0.717, 1.165) is 0 Å². The molecule has 0 radical (unpaired) electrons. The second-order valence-electron chi connectivity index (χ2n) is 2.79. The second-order valence-corrected chi connectivity index (χ2v) is 4.08. The summed E-state index contributed by atoms with van der Waals surface area (Å²) in [6.07, 6.45) is 0. The maximum atomic E-state index is 13.1. The van der Waals surface area contributed by atoms with Crippen molar-refractivity contribution in [3.63, 3.8) is 0 Å². The fourth-order valence-corrected chi connectivity index (χ4v) is 1.47. The summed E-state index contributed by atoms with van der Waals surface area (Å²) in [5.41, 5.74) is 0.385. The third-order valence-electron chi connectivity index (χ3n) is 1.73. The molecule has 0 heterocycles. The molecule has 1 atom stereocenters. The van der Waals surface area contributed by atoms with Gasteiger partial charge in [0.25, 0.3) is 0 Å². The van der Waals surface area contributed by atoms with Crippen molar-refractivity contribution >= 4 is 33.5 Å². The van der Waals surface area contributed by atoms with Gasteiger partial charge in [-0.15, -0.1) is 11.6 Å². The highest BCUT2D eigenvalue weighted by molar-refractivity contribution is 9.10. The number of hydrogen-bond donors (Lipinski definition) is 0. The van der Waals surface area contributed by atoms with Crippen LogP contribution in [0.25, 0.3) is 0 Å². The molecule has 1 rings (SSSR count). The molecule has 0 saturated heterocycles. The Bertz CT molecular complexity index is 370. The summed E-state index contributed by atoms with van der Waals surface area (Å²) in [6, 6.07) is 4.28. The van der Waals surface area contributed by atoms with Crippen LogP contribution in [0.3, 0.4) is 0 Å². The van der Waals surface area contributed by atoms with Crippen molar-refractivity contribution in [3.8, 4) is 0 Å². The van der Waals surface area contributed by atoms with Crippen molar-refractivity contribution in [3.05, 3.63) is 34.1 Å². The number of carbonyl (C=O) groups is 1.